The van der Waals surface area contributed by atoms with Crippen LogP contribution >= 0.6 is 0 Å². The molecule has 0 heterocycles. The van der Waals surface area contributed by atoms with Crippen molar-refractivity contribution in [1.82, 2.24) is 0 Å². The van der Waals surface area contributed by atoms with E-state index in [-0.39, 0.29) is 11.5 Å². The van der Waals surface area contributed by atoms with Gasteiger partial charge in [-0.1, -0.05) is 32.9 Å². The molecule has 21 heavy (non-hydrogen) atoms. The van der Waals surface area contributed by atoms with Gasteiger partial charge in [-0.25, -0.2) is 0 Å². The van der Waals surface area contributed by atoms with E-state index in [0.29, 0.717) is 16.7 Å². The van der Waals surface area contributed by atoms with Crippen molar-refractivity contribution in [1.29, 1.82) is 0 Å². The lowest BCUT2D eigenvalue weighted by Crippen LogP contribution is -2.59. The Kier molecular flexibility index (Phi) is 2.83. The molecule has 0 saturated heterocycles. The molecule has 2 bridgehead atoms. The zero-order valence-corrected chi connectivity index (χ0v) is 14.1. The first kappa shape index (κ1) is 14.3. The monoisotopic (exact) mass is 288 g/mol. The van der Waals surface area contributed by atoms with Crippen LogP contribution in [0.25, 0.3) is 0 Å². The maximum atomic E-state index is 10.5. The van der Waals surface area contributed by atoms with Crippen LogP contribution in [0.15, 0.2) is 12.2 Å². The molecule has 0 radical (unpaired) electrons. The molecule has 6 atom stereocenters. The summed E-state index contributed by atoms with van der Waals surface area (Å²) in [6, 6.07) is 0. The lowest BCUT2D eigenvalue weighted by atomic mass is 9.41. The first-order chi connectivity index (χ1) is 9.80. The Morgan fingerprint density at radius 2 is 1.76 bits per heavy atom. The minimum Gasteiger partial charge on any atom is -0.393 e. The second kappa shape index (κ2) is 4.16. The van der Waals surface area contributed by atoms with Gasteiger partial charge in [0.05, 0.1) is 6.10 Å². The summed E-state index contributed by atoms with van der Waals surface area (Å²) in [7, 11) is 0. The van der Waals surface area contributed by atoms with Gasteiger partial charge in [0, 0.05) is 0 Å². The molecule has 1 N–H and O–H groups in total. The smallest absolute Gasteiger partial charge is 0.0594 e. The van der Waals surface area contributed by atoms with Gasteiger partial charge < -0.3 is 5.11 Å². The minimum absolute atomic E-state index is 0.0977. The normalized spacial score (nSPS) is 55.0. The fourth-order valence-electron chi connectivity index (χ4n) is 7.57. The third-order valence-corrected chi connectivity index (χ3v) is 8.59. The van der Waals surface area contributed by atoms with Crippen molar-refractivity contribution in [2.75, 3.05) is 0 Å². The van der Waals surface area contributed by atoms with Crippen molar-refractivity contribution < 1.29 is 5.11 Å². The number of hydrogen-bond acceptors (Lipinski definition) is 1. The van der Waals surface area contributed by atoms with Gasteiger partial charge in [0.15, 0.2) is 0 Å². The summed E-state index contributed by atoms with van der Waals surface area (Å²) in [5.74, 6) is 2.42. The average Bonchev–Trinajstić information content (AvgIpc) is 2.65. The summed E-state index contributed by atoms with van der Waals surface area (Å²) in [5.41, 5.74) is 2.70. The zero-order chi connectivity index (χ0) is 15.0. The Morgan fingerprint density at radius 1 is 1.00 bits per heavy atom. The van der Waals surface area contributed by atoms with E-state index in [1.54, 1.807) is 5.57 Å². The Bertz CT molecular complexity index is 478. The number of aliphatic hydroxyl groups is 1. The van der Waals surface area contributed by atoms with Gasteiger partial charge in [0.25, 0.3) is 0 Å². The molecule has 1 nitrogen and oxygen atoms in total. The van der Waals surface area contributed by atoms with E-state index in [2.05, 4.69) is 27.4 Å². The molecule has 4 fully saturated rings. The molecule has 6 unspecified atom stereocenters. The first-order valence-electron chi connectivity index (χ1n) is 9.15. The van der Waals surface area contributed by atoms with Gasteiger partial charge in [-0.15, -0.1) is 0 Å². The molecule has 118 valence electrons. The number of rotatable bonds is 0. The van der Waals surface area contributed by atoms with E-state index in [1.807, 2.05) is 0 Å². The fourth-order valence-corrected chi connectivity index (χ4v) is 7.57. The summed E-state index contributed by atoms with van der Waals surface area (Å²) < 4.78 is 0. The Morgan fingerprint density at radius 3 is 2.52 bits per heavy atom. The minimum atomic E-state index is -0.0977. The molecular weight excluding hydrogens is 256 g/mol. The number of aliphatic hydroxyl groups excluding tert-OH is 1. The molecule has 0 aromatic carbocycles. The van der Waals surface area contributed by atoms with E-state index in [0.717, 1.165) is 18.3 Å². The van der Waals surface area contributed by atoms with E-state index in [9.17, 15) is 5.11 Å². The lowest BCUT2D eigenvalue weighted by molar-refractivity contribution is -0.180. The van der Waals surface area contributed by atoms with E-state index >= 15 is 0 Å². The fraction of sp³-hybridized carbons (Fsp3) is 0.900. The van der Waals surface area contributed by atoms with Gasteiger partial charge in [0.2, 0.25) is 0 Å². The largest absolute Gasteiger partial charge is 0.393 e. The molecule has 4 aliphatic carbocycles. The number of fused-ring (bicyclic) bond motifs is 3. The second-order valence-electron chi connectivity index (χ2n) is 9.70. The maximum absolute atomic E-state index is 10.5. The summed E-state index contributed by atoms with van der Waals surface area (Å²) in [4.78, 5) is 0. The van der Waals surface area contributed by atoms with Crippen LogP contribution in [-0.4, -0.2) is 11.2 Å². The van der Waals surface area contributed by atoms with E-state index in [1.165, 1.54) is 44.9 Å². The van der Waals surface area contributed by atoms with Crippen LogP contribution in [0.4, 0.5) is 0 Å². The van der Waals surface area contributed by atoms with Crippen molar-refractivity contribution in [3.63, 3.8) is 0 Å². The van der Waals surface area contributed by atoms with Crippen LogP contribution < -0.4 is 0 Å². The van der Waals surface area contributed by atoms with Gasteiger partial charge in [-0.2, -0.15) is 0 Å². The highest BCUT2D eigenvalue weighted by Crippen LogP contribution is 2.72. The molecule has 1 heteroatoms. The average molecular weight is 288 g/mol. The third kappa shape index (κ3) is 1.68. The van der Waals surface area contributed by atoms with Gasteiger partial charge >= 0.3 is 0 Å². The Balaban J connectivity index is 1.74. The topological polar surface area (TPSA) is 20.2 Å². The standard InChI is InChI=1S/C20H32O/c1-13-11-20-10-7-15-18(2,3)17(21)8-9-19(15,4)16(20)6-5-14(13)12-20/h14-17,21H,1,5-12H2,2-4H3. The first-order valence-corrected chi connectivity index (χ1v) is 9.15. The molecule has 4 rings (SSSR count). The van der Waals surface area contributed by atoms with Crippen molar-refractivity contribution in [3.05, 3.63) is 12.2 Å². The number of allylic oxidation sites excluding steroid dienone is 1. The third-order valence-electron chi connectivity index (χ3n) is 8.59. The van der Waals surface area contributed by atoms with Gasteiger partial charge in [0.1, 0.15) is 0 Å². The van der Waals surface area contributed by atoms with Crippen molar-refractivity contribution in [2.45, 2.75) is 78.2 Å². The number of hydrogen-bond donors (Lipinski definition) is 1. The van der Waals surface area contributed by atoms with Crippen LogP contribution in [0.2, 0.25) is 0 Å². The lowest BCUT2D eigenvalue weighted by Gasteiger charge is -2.64. The predicted molar refractivity (Wildman–Crippen MR) is 86.9 cm³/mol. The molecule has 4 saturated carbocycles. The van der Waals surface area contributed by atoms with Crippen LogP contribution in [0.5, 0.6) is 0 Å². The molecule has 0 aromatic rings. The zero-order valence-electron chi connectivity index (χ0n) is 14.1. The Labute approximate surface area is 130 Å². The van der Waals surface area contributed by atoms with Gasteiger partial charge in [-0.3, -0.25) is 0 Å². The predicted octanol–water partition coefficient (Wildman–Crippen LogP) is 4.95. The molecule has 0 aliphatic heterocycles. The Hall–Kier alpha value is -0.300. The van der Waals surface area contributed by atoms with Crippen LogP contribution in [0.3, 0.4) is 0 Å². The highest BCUT2D eigenvalue weighted by molar-refractivity contribution is 5.22. The highest BCUT2D eigenvalue weighted by atomic mass is 16.3. The van der Waals surface area contributed by atoms with Gasteiger partial charge in [-0.05, 0) is 85.4 Å². The summed E-state index contributed by atoms with van der Waals surface area (Å²) in [6.45, 7) is 11.7. The summed E-state index contributed by atoms with van der Waals surface area (Å²) in [5, 5.41) is 10.5. The van der Waals surface area contributed by atoms with Crippen LogP contribution in [-0.2, 0) is 0 Å². The highest BCUT2D eigenvalue weighted by Gasteiger charge is 2.64. The molecule has 0 amide bonds. The summed E-state index contributed by atoms with van der Waals surface area (Å²) in [6.07, 6.45) is 10.4. The van der Waals surface area contributed by atoms with Crippen LogP contribution in [0, 0.1) is 34.0 Å². The summed E-state index contributed by atoms with van der Waals surface area (Å²) >= 11 is 0. The molecule has 0 aromatic heterocycles. The molecular formula is C20H32O. The van der Waals surface area contributed by atoms with Crippen molar-refractivity contribution >= 4 is 0 Å². The maximum Gasteiger partial charge on any atom is 0.0594 e. The molecule has 4 aliphatic rings. The second-order valence-corrected chi connectivity index (χ2v) is 9.70. The molecule has 1 spiro atoms. The van der Waals surface area contributed by atoms with Crippen LogP contribution in [0.1, 0.15) is 72.1 Å². The van der Waals surface area contributed by atoms with Crippen molar-refractivity contribution in [3.8, 4) is 0 Å². The van der Waals surface area contributed by atoms with E-state index in [4.69, 9.17) is 0 Å². The SMILES string of the molecule is C=C1CC23CCC4C(C)(C)C(O)CCC4(C)C2CCC1C3. The van der Waals surface area contributed by atoms with E-state index < -0.39 is 0 Å². The quantitative estimate of drug-likeness (QED) is 0.626. The van der Waals surface area contributed by atoms with Crippen molar-refractivity contribution in [2.24, 2.45) is 34.0 Å².